The topological polar surface area (TPSA) is 17.0 Å². The van der Waals surface area contributed by atoms with Crippen LogP contribution in [0.4, 0.5) is 5.69 Å². The second kappa shape index (κ2) is 7.22. The van der Waals surface area contributed by atoms with Crippen LogP contribution in [0.2, 0.25) is 0 Å². The van der Waals surface area contributed by atoms with Gasteiger partial charge >= 0.3 is 0 Å². The molecule has 2 nitrogen and oxygen atoms in total. The minimum absolute atomic E-state index is 0.979. The van der Waals surface area contributed by atoms with Gasteiger partial charge in [-0.3, -0.25) is 0 Å². The highest BCUT2D eigenvalue weighted by Crippen LogP contribution is 2.27. The monoisotopic (exact) mass is 316 g/mol. The zero-order valence-electron chi connectivity index (χ0n) is 14.6. The van der Waals surface area contributed by atoms with Gasteiger partial charge in [-0.05, 0) is 62.7 Å². The normalized spacial score (nSPS) is 12.2. The first-order valence-electron chi connectivity index (χ1n) is 8.49. The highest BCUT2D eigenvalue weighted by molar-refractivity contribution is 5.86. The lowest BCUT2D eigenvalue weighted by molar-refractivity contribution is 1.05. The fraction of sp³-hybridized carbons (Fsp3) is 0.182. The third kappa shape index (κ3) is 3.28. The minimum Gasteiger partial charge on any atom is -0.359 e. The first-order valence-corrected chi connectivity index (χ1v) is 8.49. The van der Waals surface area contributed by atoms with Gasteiger partial charge in [0.15, 0.2) is 0 Å². The Morgan fingerprint density at radius 3 is 2.58 bits per heavy atom. The average Bonchev–Trinajstić information content (AvgIpc) is 2.94. The number of hydrogen-bond acceptors (Lipinski definition) is 1. The maximum absolute atomic E-state index is 3.52. The molecule has 0 atom stereocenters. The molecule has 0 aliphatic rings. The third-order valence-electron chi connectivity index (χ3n) is 4.18. The molecule has 1 aromatic heterocycles. The van der Waals surface area contributed by atoms with Gasteiger partial charge in [0.1, 0.15) is 0 Å². The molecule has 122 valence electrons. The van der Waals surface area contributed by atoms with Crippen LogP contribution in [0.3, 0.4) is 0 Å². The standard InChI is InChI=1S/C22H24N2/c1-4-6-10-19(5-2)23-20-13-14-22-18(16-20)15-17(3)24(22)21-11-8-7-9-12-21/h4,6-16,23H,5H2,1-3H3/b6-4-,19-10+. The summed E-state index contributed by atoms with van der Waals surface area (Å²) in [7, 11) is 0. The van der Waals surface area contributed by atoms with E-state index in [1.807, 2.05) is 13.0 Å². The molecule has 24 heavy (non-hydrogen) atoms. The van der Waals surface area contributed by atoms with Gasteiger partial charge in [0.2, 0.25) is 0 Å². The van der Waals surface area contributed by atoms with E-state index in [0.29, 0.717) is 0 Å². The van der Waals surface area contributed by atoms with E-state index in [9.17, 15) is 0 Å². The number of rotatable bonds is 5. The van der Waals surface area contributed by atoms with Gasteiger partial charge in [0.25, 0.3) is 0 Å². The Balaban J connectivity index is 1.99. The molecular weight excluding hydrogens is 292 g/mol. The van der Waals surface area contributed by atoms with Crippen LogP contribution in [0.1, 0.15) is 26.0 Å². The smallest absolute Gasteiger partial charge is 0.0532 e. The predicted octanol–water partition coefficient (Wildman–Crippen LogP) is 6.22. The zero-order chi connectivity index (χ0) is 16.9. The van der Waals surface area contributed by atoms with Crippen LogP contribution in [0, 0.1) is 6.92 Å². The van der Waals surface area contributed by atoms with E-state index in [2.05, 4.69) is 90.5 Å². The van der Waals surface area contributed by atoms with Crippen LogP contribution >= 0.6 is 0 Å². The van der Waals surface area contributed by atoms with E-state index in [4.69, 9.17) is 0 Å². The van der Waals surface area contributed by atoms with Crippen molar-refractivity contribution in [1.82, 2.24) is 4.57 Å². The second-order valence-corrected chi connectivity index (χ2v) is 5.93. The Bertz CT molecular complexity index is 883. The van der Waals surface area contributed by atoms with Gasteiger partial charge in [-0.25, -0.2) is 0 Å². The summed E-state index contributed by atoms with van der Waals surface area (Å²) in [6, 6.07) is 19.3. The fourth-order valence-corrected chi connectivity index (χ4v) is 3.00. The van der Waals surface area contributed by atoms with Crippen molar-refractivity contribution in [3.05, 3.63) is 84.2 Å². The Labute approximate surface area is 144 Å². The van der Waals surface area contributed by atoms with Crippen LogP contribution in [-0.2, 0) is 0 Å². The Hall–Kier alpha value is -2.74. The molecule has 0 spiro atoms. The minimum atomic E-state index is 0.979. The third-order valence-corrected chi connectivity index (χ3v) is 4.18. The number of benzene rings is 2. The molecule has 3 aromatic rings. The molecule has 0 unspecified atom stereocenters. The molecule has 2 heteroatoms. The summed E-state index contributed by atoms with van der Waals surface area (Å²) < 4.78 is 2.30. The van der Waals surface area contributed by atoms with Crippen molar-refractivity contribution in [2.24, 2.45) is 0 Å². The Morgan fingerprint density at radius 2 is 1.88 bits per heavy atom. The van der Waals surface area contributed by atoms with Crippen LogP contribution in [0.25, 0.3) is 16.6 Å². The fourth-order valence-electron chi connectivity index (χ4n) is 3.00. The van der Waals surface area contributed by atoms with E-state index < -0.39 is 0 Å². The molecule has 0 saturated heterocycles. The number of nitrogens with one attached hydrogen (secondary N) is 1. The van der Waals surface area contributed by atoms with Crippen molar-refractivity contribution in [3.63, 3.8) is 0 Å². The molecule has 0 aliphatic heterocycles. The molecule has 3 rings (SSSR count). The molecule has 1 heterocycles. The summed E-state index contributed by atoms with van der Waals surface area (Å²) in [5, 5.41) is 4.78. The molecule has 1 N–H and O–H groups in total. The number of anilines is 1. The molecule has 0 saturated carbocycles. The quantitative estimate of drug-likeness (QED) is 0.553. The molecule has 0 aliphatic carbocycles. The average molecular weight is 316 g/mol. The molecule has 2 aromatic carbocycles. The summed E-state index contributed by atoms with van der Waals surface area (Å²) in [4.78, 5) is 0. The number of aromatic nitrogens is 1. The molecule has 0 bridgehead atoms. The van der Waals surface area contributed by atoms with E-state index in [1.165, 1.54) is 28.0 Å². The van der Waals surface area contributed by atoms with Crippen molar-refractivity contribution < 1.29 is 0 Å². The first kappa shape index (κ1) is 16.1. The molecule has 0 radical (unpaired) electrons. The van der Waals surface area contributed by atoms with Crippen LogP contribution in [-0.4, -0.2) is 4.57 Å². The zero-order valence-corrected chi connectivity index (χ0v) is 14.6. The highest BCUT2D eigenvalue weighted by atomic mass is 15.0. The van der Waals surface area contributed by atoms with Gasteiger partial charge in [-0.2, -0.15) is 0 Å². The van der Waals surface area contributed by atoms with Gasteiger partial charge < -0.3 is 9.88 Å². The summed E-state index contributed by atoms with van der Waals surface area (Å²) in [6.07, 6.45) is 7.22. The SMILES string of the molecule is C/C=C\C=C(/CC)Nc1ccc2c(c1)cc(C)n2-c1ccccc1. The Morgan fingerprint density at radius 1 is 1.08 bits per heavy atom. The maximum Gasteiger partial charge on any atom is 0.0532 e. The van der Waals surface area contributed by atoms with E-state index in [0.717, 1.165) is 12.1 Å². The lowest BCUT2D eigenvalue weighted by Crippen LogP contribution is -1.98. The van der Waals surface area contributed by atoms with Gasteiger partial charge in [0, 0.05) is 28.2 Å². The number of allylic oxidation sites excluding steroid dienone is 4. The summed E-state index contributed by atoms with van der Waals surface area (Å²) in [5.41, 5.74) is 6.03. The Kier molecular flexibility index (Phi) is 4.85. The number of para-hydroxylation sites is 1. The predicted molar refractivity (Wildman–Crippen MR) is 105 cm³/mol. The second-order valence-electron chi connectivity index (χ2n) is 5.93. The van der Waals surface area contributed by atoms with Crippen LogP contribution in [0.5, 0.6) is 0 Å². The van der Waals surface area contributed by atoms with E-state index in [-0.39, 0.29) is 0 Å². The van der Waals surface area contributed by atoms with Gasteiger partial charge in [-0.15, -0.1) is 0 Å². The lowest BCUT2D eigenvalue weighted by atomic mass is 10.2. The number of hydrogen-bond donors (Lipinski definition) is 1. The molecule has 0 fully saturated rings. The van der Waals surface area contributed by atoms with E-state index in [1.54, 1.807) is 0 Å². The first-order chi connectivity index (χ1) is 11.7. The van der Waals surface area contributed by atoms with Crippen molar-refractivity contribution in [2.45, 2.75) is 27.2 Å². The maximum atomic E-state index is 3.52. The number of aryl methyl sites for hydroxylation is 1. The van der Waals surface area contributed by atoms with Crippen molar-refractivity contribution in [1.29, 1.82) is 0 Å². The van der Waals surface area contributed by atoms with Crippen molar-refractivity contribution >= 4 is 16.6 Å². The number of fused-ring (bicyclic) bond motifs is 1. The largest absolute Gasteiger partial charge is 0.359 e. The summed E-state index contributed by atoms with van der Waals surface area (Å²) in [5.74, 6) is 0. The molecule has 0 amide bonds. The van der Waals surface area contributed by atoms with Crippen molar-refractivity contribution in [3.8, 4) is 5.69 Å². The summed E-state index contributed by atoms with van der Waals surface area (Å²) in [6.45, 7) is 6.35. The van der Waals surface area contributed by atoms with Gasteiger partial charge in [-0.1, -0.05) is 37.3 Å². The van der Waals surface area contributed by atoms with E-state index >= 15 is 0 Å². The van der Waals surface area contributed by atoms with Crippen molar-refractivity contribution in [2.75, 3.05) is 5.32 Å². The highest BCUT2D eigenvalue weighted by Gasteiger charge is 2.08. The summed E-state index contributed by atoms with van der Waals surface area (Å²) >= 11 is 0. The van der Waals surface area contributed by atoms with Crippen LogP contribution < -0.4 is 5.32 Å². The lowest BCUT2D eigenvalue weighted by Gasteiger charge is -2.11. The number of nitrogens with zero attached hydrogens (tertiary/aromatic N) is 1. The van der Waals surface area contributed by atoms with Gasteiger partial charge in [0.05, 0.1) is 5.52 Å². The molecular formula is C22H24N2. The van der Waals surface area contributed by atoms with Crippen LogP contribution in [0.15, 0.2) is 78.5 Å².